The average molecular weight is 472 g/mol. The third-order valence-corrected chi connectivity index (χ3v) is 7.00. The summed E-state index contributed by atoms with van der Waals surface area (Å²) >= 11 is -0.438. The molecule has 2 aliphatic heterocycles. The van der Waals surface area contributed by atoms with Crippen LogP contribution in [0.15, 0.2) is 64.4 Å². The average Bonchev–Trinajstić information content (AvgIpc) is 3.02. The molecule has 27 heavy (non-hydrogen) atoms. The molecular formula is C20H19IN5O-. The number of aryl methyl sites for hydroxylation is 1. The van der Waals surface area contributed by atoms with Crippen molar-refractivity contribution in [2.45, 2.75) is 20.0 Å². The van der Waals surface area contributed by atoms with Crippen LogP contribution in [0.25, 0.3) is 3.58 Å². The molecule has 0 aromatic carbocycles. The van der Waals surface area contributed by atoms with Crippen LogP contribution in [0.1, 0.15) is 22.4 Å². The predicted octanol–water partition coefficient (Wildman–Crippen LogP) is -0.362. The number of rotatable bonds is 2. The van der Waals surface area contributed by atoms with Crippen molar-refractivity contribution in [1.29, 1.82) is 0 Å². The van der Waals surface area contributed by atoms with Gasteiger partial charge in [0.05, 0.1) is 0 Å². The first-order valence-electron chi connectivity index (χ1n) is 8.52. The van der Waals surface area contributed by atoms with E-state index in [9.17, 15) is 4.79 Å². The number of hydrogen-bond donors (Lipinski definition) is 2. The molecule has 0 fully saturated rings. The Hall–Kier alpha value is -2.68. The third kappa shape index (κ3) is 3.87. The van der Waals surface area contributed by atoms with Crippen LogP contribution in [0.2, 0.25) is 0 Å². The SMILES string of the molecule is Cc1cc2c(cn1)CN(C(=O)NC1=C[I-]C(c3cccnc3)=CC=C1N)C2. The van der Waals surface area contributed by atoms with Gasteiger partial charge >= 0.3 is 168 Å². The Kier molecular flexibility index (Phi) is 4.93. The van der Waals surface area contributed by atoms with Crippen molar-refractivity contribution in [2.75, 3.05) is 0 Å². The van der Waals surface area contributed by atoms with E-state index in [2.05, 4.69) is 19.4 Å². The number of urea groups is 1. The first kappa shape index (κ1) is 17.7. The maximum atomic E-state index is 12.7. The Bertz CT molecular complexity index is 981. The normalized spacial score (nSPS) is 16.3. The molecule has 2 aliphatic rings. The molecule has 0 atom stereocenters. The second-order valence-electron chi connectivity index (χ2n) is 6.39. The molecule has 0 saturated carbocycles. The first-order chi connectivity index (χ1) is 13.1. The number of pyridine rings is 2. The van der Waals surface area contributed by atoms with E-state index in [0.29, 0.717) is 24.5 Å². The van der Waals surface area contributed by atoms with Crippen molar-refractivity contribution in [3.63, 3.8) is 0 Å². The molecule has 2 aromatic heterocycles. The quantitative estimate of drug-likeness (QED) is 0.585. The molecule has 4 rings (SSSR count). The number of nitrogens with two attached hydrogens (primary N) is 1. The number of carbonyl (C=O) groups is 1. The first-order valence-corrected chi connectivity index (χ1v) is 10.8. The van der Waals surface area contributed by atoms with Crippen LogP contribution >= 0.6 is 0 Å². The van der Waals surface area contributed by atoms with Gasteiger partial charge in [0.15, 0.2) is 0 Å². The van der Waals surface area contributed by atoms with Gasteiger partial charge in [-0.1, -0.05) is 0 Å². The van der Waals surface area contributed by atoms with Gasteiger partial charge in [0.25, 0.3) is 0 Å². The van der Waals surface area contributed by atoms with Gasteiger partial charge in [0, 0.05) is 0 Å². The second kappa shape index (κ2) is 7.51. The Morgan fingerprint density at radius 1 is 1.26 bits per heavy atom. The summed E-state index contributed by atoms with van der Waals surface area (Å²) in [6.07, 6.45) is 9.34. The van der Waals surface area contributed by atoms with Gasteiger partial charge < -0.3 is 0 Å². The molecule has 3 N–H and O–H groups in total. The number of nitrogens with one attached hydrogen (secondary N) is 1. The summed E-state index contributed by atoms with van der Waals surface area (Å²) in [4.78, 5) is 23.0. The molecule has 2 amide bonds. The molecule has 2 aromatic rings. The van der Waals surface area contributed by atoms with Crippen LogP contribution in [0, 0.1) is 6.92 Å². The van der Waals surface area contributed by atoms with Crippen LogP contribution in [0.5, 0.6) is 0 Å². The van der Waals surface area contributed by atoms with Crippen LogP contribution in [0.4, 0.5) is 4.79 Å². The summed E-state index contributed by atoms with van der Waals surface area (Å²) in [6.45, 7) is 3.12. The molecular weight excluding hydrogens is 453 g/mol. The molecule has 0 saturated heterocycles. The topological polar surface area (TPSA) is 84.1 Å². The van der Waals surface area contributed by atoms with Gasteiger partial charge in [0.2, 0.25) is 0 Å². The van der Waals surface area contributed by atoms with Crippen molar-refractivity contribution in [2.24, 2.45) is 5.73 Å². The molecule has 0 bridgehead atoms. The summed E-state index contributed by atoms with van der Waals surface area (Å²) in [6, 6.07) is 5.86. The van der Waals surface area contributed by atoms with Crippen molar-refractivity contribution >= 4 is 9.61 Å². The predicted molar refractivity (Wildman–Crippen MR) is 99.3 cm³/mol. The van der Waals surface area contributed by atoms with Crippen LogP contribution < -0.4 is 32.3 Å². The number of nitrogens with zero attached hydrogens (tertiary/aromatic N) is 3. The number of halogens is 1. The zero-order valence-electron chi connectivity index (χ0n) is 14.8. The summed E-state index contributed by atoms with van der Waals surface area (Å²) in [7, 11) is 0. The Morgan fingerprint density at radius 3 is 2.93 bits per heavy atom. The number of aromatic nitrogens is 2. The molecule has 138 valence electrons. The van der Waals surface area contributed by atoms with Crippen LogP contribution in [-0.2, 0) is 13.1 Å². The van der Waals surface area contributed by atoms with Gasteiger partial charge in [0.1, 0.15) is 0 Å². The van der Waals surface area contributed by atoms with Gasteiger partial charge in [-0.15, -0.1) is 0 Å². The van der Waals surface area contributed by atoms with Crippen molar-refractivity contribution in [1.82, 2.24) is 20.2 Å². The Labute approximate surface area is 168 Å². The van der Waals surface area contributed by atoms with E-state index in [1.807, 2.05) is 49.7 Å². The summed E-state index contributed by atoms with van der Waals surface area (Å²) in [5.41, 5.74) is 11.7. The summed E-state index contributed by atoms with van der Waals surface area (Å²) < 4.78 is 3.27. The molecule has 0 unspecified atom stereocenters. The minimum atomic E-state index is -0.438. The molecule has 0 spiro atoms. The van der Waals surface area contributed by atoms with E-state index in [4.69, 9.17) is 5.73 Å². The summed E-state index contributed by atoms with van der Waals surface area (Å²) in [5.74, 6) is 0. The van der Waals surface area contributed by atoms with E-state index < -0.39 is 21.2 Å². The molecule has 0 radical (unpaired) electrons. The third-order valence-electron chi connectivity index (χ3n) is 4.41. The fourth-order valence-electron chi connectivity index (χ4n) is 2.97. The van der Waals surface area contributed by atoms with Gasteiger partial charge in [-0.25, -0.2) is 0 Å². The van der Waals surface area contributed by atoms with E-state index in [-0.39, 0.29) is 6.03 Å². The fourth-order valence-corrected chi connectivity index (χ4v) is 5.20. The number of hydrogen-bond acceptors (Lipinski definition) is 4. The fraction of sp³-hybridized carbons (Fsp3) is 0.150. The van der Waals surface area contributed by atoms with Crippen LogP contribution in [0.3, 0.4) is 0 Å². The van der Waals surface area contributed by atoms with E-state index in [0.717, 1.165) is 22.4 Å². The van der Waals surface area contributed by atoms with Gasteiger partial charge in [-0.05, 0) is 0 Å². The maximum absolute atomic E-state index is 12.7. The monoisotopic (exact) mass is 472 g/mol. The van der Waals surface area contributed by atoms with E-state index in [1.165, 1.54) is 3.58 Å². The molecule has 4 heterocycles. The second-order valence-corrected chi connectivity index (χ2v) is 8.80. The Morgan fingerprint density at radius 2 is 2.11 bits per heavy atom. The standard InChI is InChI=1S/C20H19IN5O/c1-13-7-15-11-26(12-16(15)10-24-13)20(27)25-19-8-21-17(4-5-18(19)22)14-3-2-6-23-9-14/h2-10H,11-12,22H2,1H3,(H,25,27)/q-1. The van der Waals surface area contributed by atoms with Crippen molar-refractivity contribution in [3.05, 3.63) is 86.8 Å². The van der Waals surface area contributed by atoms with Gasteiger partial charge in [-0.3, -0.25) is 0 Å². The molecule has 0 aliphatic carbocycles. The van der Waals surface area contributed by atoms with Crippen molar-refractivity contribution < 1.29 is 26.0 Å². The molecule has 6 nitrogen and oxygen atoms in total. The Balaban J connectivity index is 1.46. The number of allylic oxidation sites excluding steroid dienone is 2. The number of fused-ring (bicyclic) bond motifs is 1. The van der Waals surface area contributed by atoms with Gasteiger partial charge in [-0.2, -0.15) is 0 Å². The molecule has 7 heteroatoms. The number of carbonyl (C=O) groups excluding carboxylic acids is 1. The zero-order chi connectivity index (χ0) is 18.8. The minimum absolute atomic E-state index is 0.139. The zero-order valence-corrected chi connectivity index (χ0v) is 17.0. The summed E-state index contributed by atoms with van der Waals surface area (Å²) in [5, 5.41) is 2.98. The van der Waals surface area contributed by atoms with Crippen molar-refractivity contribution in [3.8, 4) is 0 Å². The van der Waals surface area contributed by atoms with E-state index in [1.54, 1.807) is 11.1 Å². The van der Waals surface area contributed by atoms with Crippen LogP contribution in [-0.4, -0.2) is 20.9 Å². The van der Waals surface area contributed by atoms with E-state index >= 15 is 0 Å². The number of amides is 2.